The highest BCUT2D eigenvalue weighted by Crippen LogP contribution is 2.12. The highest BCUT2D eigenvalue weighted by atomic mass is 16.3. The summed E-state index contributed by atoms with van der Waals surface area (Å²) in [5.41, 5.74) is 2.90. The third-order valence-electron chi connectivity index (χ3n) is 2.48. The number of anilines is 1. The number of H-pyrrole nitrogens is 2. The summed E-state index contributed by atoms with van der Waals surface area (Å²) in [5.74, 6) is -0.524. The summed E-state index contributed by atoms with van der Waals surface area (Å²) in [6.45, 7) is 1.90. The Balaban J connectivity index is 2.23. The van der Waals surface area contributed by atoms with Gasteiger partial charge in [-0.3, -0.25) is 20.2 Å². The van der Waals surface area contributed by atoms with Crippen LogP contribution in [-0.4, -0.2) is 21.3 Å². The predicted molar refractivity (Wildman–Crippen MR) is 71.7 cm³/mol. The van der Waals surface area contributed by atoms with E-state index in [0.717, 1.165) is 17.5 Å². The van der Waals surface area contributed by atoms with Gasteiger partial charge < -0.3 is 5.11 Å². The molecule has 0 aliphatic carbocycles. The number of hydrogen-bond acceptors (Lipinski definition) is 5. The van der Waals surface area contributed by atoms with Crippen LogP contribution < -0.4 is 16.7 Å². The average Bonchev–Trinajstić information content (AvgIpc) is 2.34. The lowest BCUT2D eigenvalue weighted by atomic mass is 10.2. The number of hydrazone groups is 1. The molecule has 0 aliphatic heterocycles. The Hall–Kier alpha value is -2.83. The minimum atomic E-state index is -0.772. The van der Waals surface area contributed by atoms with E-state index >= 15 is 0 Å². The summed E-state index contributed by atoms with van der Waals surface area (Å²) in [7, 11) is 0. The SMILES string of the molecule is Cc1ccccc1NN=Cc1c(O)[nH]c(=O)[nH]c1=O. The summed E-state index contributed by atoms with van der Waals surface area (Å²) >= 11 is 0. The molecule has 0 aliphatic rings. The number of aromatic hydroxyl groups is 1. The van der Waals surface area contributed by atoms with Crippen molar-refractivity contribution in [1.82, 2.24) is 9.97 Å². The lowest BCUT2D eigenvalue weighted by Crippen LogP contribution is -2.25. The van der Waals surface area contributed by atoms with Gasteiger partial charge in [0.25, 0.3) is 5.56 Å². The Morgan fingerprint density at radius 2 is 2.00 bits per heavy atom. The van der Waals surface area contributed by atoms with Gasteiger partial charge in [0.05, 0.1) is 11.9 Å². The van der Waals surface area contributed by atoms with E-state index in [0.29, 0.717) is 0 Å². The number of aromatic amines is 2. The molecule has 0 radical (unpaired) electrons. The molecule has 0 amide bonds. The molecule has 1 aromatic carbocycles. The van der Waals surface area contributed by atoms with Gasteiger partial charge in [-0.15, -0.1) is 0 Å². The van der Waals surface area contributed by atoms with Gasteiger partial charge in [-0.05, 0) is 18.6 Å². The second-order valence-corrected chi connectivity index (χ2v) is 3.86. The lowest BCUT2D eigenvalue weighted by molar-refractivity contribution is 0.447. The van der Waals surface area contributed by atoms with Crippen LogP contribution in [-0.2, 0) is 0 Å². The molecule has 19 heavy (non-hydrogen) atoms. The number of benzene rings is 1. The van der Waals surface area contributed by atoms with Crippen molar-refractivity contribution in [3.63, 3.8) is 0 Å². The zero-order valence-electron chi connectivity index (χ0n) is 10.1. The summed E-state index contributed by atoms with van der Waals surface area (Å²) in [6, 6.07) is 7.46. The van der Waals surface area contributed by atoms with Crippen molar-refractivity contribution in [2.75, 3.05) is 5.43 Å². The van der Waals surface area contributed by atoms with Crippen LogP contribution in [0.25, 0.3) is 0 Å². The number of nitrogens with zero attached hydrogens (tertiary/aromatic N) is 1. The largest absolute Gasteiger partial charge is 0.494 e. The van der Waals surface area contributed by atoms with Crippen molar-refractivity contribution >= 4 is 11.9 Å². The molecule has 0 fully saturated rings. The number of rotatable bonds is 3. The average molecular weight is 260 g/mol. The van der Waals surface area contributed by atoms with Gasteiger partial charge in [-0.2, -0.15) is 5.10 Å². The minimum absolute atomic E-state index is 0.124. The molecule has 2 aromatic rings. The number of hydrogen-bond donors (Lipinski definition) is 4. The van der Waals surface area contributed by atoms with Crippen molar-refractivity contribution in [2.45, 2.75) is 6.92 Å². The number of para-hydroxylation sites is 1. The van der Waals surface area contributed by atoms with Crippen LogP contribution in [0.4, 0.5) is 5.69 Å². The molecule has 0 saturated carbocycles. The molecular weight excluding hydrogens is 248 g/mol. The topological polar surface area (TPSA) is 110 Å². The fraction of sp³-hybridized carbons (Fsp3) is 0.0833. The van der Waals surface area contributed by atoms with Gasteiger partial charge in [0.1, 0.15) is 5.56 Å². The van der Waals surface area contributed by atoms with E-state index < -0.39 is 17.1 Å². The van der Waals surface area contributed by atoms with Crippen molar-refractivity contribution < 1.29 is 5.11 Å². The maximum absolute atomic E-state index is 11.4. The molecule has 0 spiro atoms. The zero-order valence-corrected chi connectivity index (χ0v) is 10.1. The molecule has 4 N–H and O–H groups in total. The maximum Gasteiger partial charge on any atom is 0.328 e. The fourth-order valence-corrected chi connectivity index (χ4v) is 1.47. The van der Waals surface area contributed by atoms with Crippen LogP contribution in [0.1, 0.15) is 11.1 Å². The normalized spacial score (nSPS) is 10.8. The highest BCUT2D eigenvalue weighted by Gasteiger charge is 2.05. The zero-order chi connectivity index (χ0) is 13.8. The molecule has 0 saturated heterocycles. The first-order valence-electron chi connectivity index (χ1n) is 5.48. The van der Waals surface area contributed by atoms with Crippen LogP contribution in [0, 0.1) is 6.92 Å². The van der Waals surface area contributed by atoms with Gasteiger partial charge in [0.2, 0.25) is 5.88 Å². The predicted octanol–water partition coefficient (Wildman–Crippen LogP) is 0.523. The summed E-state index contributed by atoms with van der Waals surface area (Å²) < 4.78 is 0. The second kappa shape index (κ2) is 5.21. The summed E-state index contributed by atoms with van der Waals surface area (Å²) in [4.78, 5) is 26.3. The molecule has 1 aromatic heterocycles. The number of nitrogens with one attached hydrogen (secondary N) is 3. The highest BCUT2D eigenvalue weighted by molar-refractivity contribution is 5.82. The molecule has 7 heteroatoms. The third kappa shape index (κ3) is 2.89. The molecule has 7 nitrogen and oxygen atoms in total. The van der Waals surface area contributed by atoms with Crippen molar-refractivity contribution in [3.8, 4) is 5.88 Å². The molecule has 98 valence electrons. The van der Waals surface area contributed by atoms with Gasteiger partial charge in [0, 0.05) is 0 Å². The number of aromatic nitrogens is 2. The first-order valence-corrected chi connectivity index (χ1v) is 5.48. The standard InChI is InChI=1S/C12H12N4O3/c1-7-4-2-3-5-9(7)16-13-6-8-10(17)14-12(19)15-11(8)18/h2-6,16H,1H3,(H3,14,15,17,18,19). The molecule has 2 rings (SSSR count). The van der Waals surface area contributed by atoms with Crippen LogP contribution in [0.15, 0.2) is 39.0 Å². The molecular formula is C12H12N4O3. The maximum atomic E-state index is 11.4. The van der Waals surface area contributed by atoms with Gasteiger partial charge in [-0.1, -0.05) is 18.2 Å². The van der Waals surface area contributed by atoms with E-state index in [1.54, 1.807) is 0 Å². The van der Waals surface area contributed by atoms with Gasteiger partial charge >= 0.3 is 5.69 Å². The van der Waals surface area contributed by atoms with E-state index in [1.807, 2.05) is 36.2 Å². The van der Waals surface area contributed by atoms with E-state index in [9.17, 15) is 14.7 Å². The Kier molecular flexibility index (Phi) is 3.46. The monoisotopic (exact) mass is 260 g/mol. The van der Waals surface area contributed by atoms with Crippen LogP contribution >= 0.6 is 0 Å². The van der Waals surface area contributed by atoms with E-state index in [4.69, 9.17) is 0 Å². The first-order chi connectivity index (χ1) is 9.08. The van der Waals surface area contributed by atoms with Crippen LogP contribution in [0.5, 0.6) is 5.88 Å². The Labute approximate surface area is 107 Å². The quantitative estimate of drug-likeness (QED) is 0.476. The first kappa shape index (κ1) is 12.6. The minimum Gasteiger partial charge on any atom is -0.494 e. The molecule has 0 unspecified atom stereocenters. The van der Waals surface area contributed by atoms with E-state index in [2.05, 4.69) is 15.5 Å². The van der Waals surface area contributed by atoms with Crippen LogP contribution in [0.2, 0.25) is 0 Å². The third-order valence-corrected chi connectivity index (χ3v) is 2.48. The van der Waals surface area contributed by atoms with Crippen molar-refractivity contribution in [3.05, 3.63) is 56.2 Å². The lowest BCUT2D eigenvalue weighted by Gasteiger charge is -2.03. The van der Waals surface area contributed by atoms with Crippen molar-refractivity contribution in [2.24, 2.45) is 5.10 Å². The molecule has 1 heterocycles. The molecule has 0 bridgehead atoms. The fourth-order valence-electron chi connectivity index (χ4n) is 1.47. The second-order valence-electron chi connectivity index (χ2n) is 3.86. The summed E-state index contributed by atoms with van der Waals surface area (Å²) in [6.07, 6.45) is 1.14. The Morgan fingerprint density at radius 3 is 2.68 bits per heavy atom. The Bertz CT molecular complexity index is 730. The molecule has 0 atom stereocenters. The number of aryl methyl sites for hydroxylation is 1. The van der Waals surface area contributed by atoms with E-state index in [1.165, 1.54) is 0 Å². The van der Waals surface area contributed by atoms with Gasteiger partial charge in [-0.25, -0.2) is 4.79 Å². The van der Waals surface area contributed by atoms with E-state index in [-0.39, 0.29) is 5.56 Å². The summed E-state index contributed by atoms with van der Waals surface area (Å²) in [5, 5.41) is 13.3. The van der Waals surface area contributed by atoms with Gasteiger partial charge in [0.15, 0.2) is 0 Å². The van der Waals surface area contributed by atoms with Crippen molar-refractivity contribution in [1.29, 1.82) is 0 Å². The Morgan fingerprint density at radius 1 is 1.26 bits per heavy atom. The smallest absolute Gasteiger partial charge is 0.328 e. The van der Waals surface area contributed by atoms with Crippen LogP contribution in [0.3, 0.4) is 0 Å².